The lowest BCUT2D eigenvalue weighted by molar-refractivity contribution is -0.130. The average molecular weight is 430 g/mol. The zero-order chi connectivity index (χ0) is 22.8. The molecule has 0 saturated carbocycles. The minimum Gasteiger partial charge on any atom is -0.372 e. The standard InChI is InChI=1S/C22H31N5O4/c1-3-26(4-2)17-11-9-16(10-12-17)15-18-19(28)25-22(31)27(20(18)29)14-8-6-5-7-13-24-21(23)30/h9-12,15H,3-8,13-14H2,1-2H3,(H3,23,24,30)(H,25,28,31)/b18-15+. The lowest BCUT2D eigenvalue weighted by Crippen LogP contribution is -2.54. The Balaban J connectivity index is 1.97. The number of hydrogen-bond acceptors (Lipinski definition) is 5. The summed E-state index contributed by atoms with van der Waals surface area (Å²) in [5.41, 5.74) is 6.72. The van der Waals surface area contributed by atoms with E-state index in [1.54, 1.807) is 0 Å². The second-order valence-electron chi connectivity index (χ2n) is 7.24. The predicted octanol–water partition coefficient (Wildman–Crippen LogP) is 2.22. The van der Waals surface area contributed by atoms with Crippen LogP contribution in [0.25, 0.3) is 6.08 Å². The summed E-state index contributed by atoms with van der Waals surface area (Å²) < 4.78 is 0. The number of imide groups is 2. The molecule has 1 heterocycles. The molecule has 1 aliphatic heterocycles. The predicted molar refractivity (Wildman–Crippen MR) is 119 cm³/mol. The maximum absolute atomic E-state index is 12.8. The van der Waals surface area contributed by atoms with Gasteiger partial charge in [0.2, 0.25) is 0 Å². The summed E-state index contributed by atoms with van der Waals surface area (Å²) in [6.07, 6.45) is 4.48. The fourth-order valence-electron chi connectivity index (χ4n) is 3.39. The van der Waals surface area contributed by atoms with Gasteiger partial charge in [0.15, 0.2) is 0 Å². The summed E-state index contributed by atoms with van der Waals surface area (Å²) in [5.74, 6) is -1.27. The van der Waals surface area contributed by atoms with Gasteiger partial charge < -0.3 is 16.0 Å². The van der Waals surface area contributed by atoms with Crippen LogP contribution in [-0.4, -0.2) is 55.0 Å². The van der Waals surface area contributed by atoms with Crippen molar-refractivity contribution in [3.8, 4) is 0 Å². The minimum atomic E-state index is -0.695. The number of nitrogens with zero attached hydrogens (tertiary/aromatic N) is 2. The van der Waals surface area contributed by atoms with E-state index in [2.05, 4.69) is 29.4 Å². The first kappa shape index (κ1) is 23.9. The molecule has 1 aromatic carbocycles. The third-order valence-corrected chi connectivity index (χ3v) is 5.13. The highest BCUT2D eigenvalue weighted by molar-refractivity contribution is 6.31. The van der Waals surface area contributed by atoms with Crippen molar-refractivity contribution in [2.75, 3.05) is 31.1 Å². The molecule has 0 unspecified atom stereocenters. The monoisotopic (exact) mass is 429 g/mol. The highest BCUT2D eigenvalue weighted by Gasteiger charge is 2.35. The van der Waals surface area contributed by atoms with Gasteiger partial charge in [-0.25, -0.2) is 9.59 Å². The van der Waals surface area contributed by atoms with Crippen LogP contribution < -0.4 is 21.3 Å². The van der Waals surface area contributed by atoms with Crippen LogP contribution in [0.4, 0.5) is 15.3 Å². The Hall–Kier alpha value is -3.36. The molecule has 0 radical (unpaired) electrons. The fraction of sp³-hybridized carbons (Fsp3) is 0.455. The van der Waals surface area contributed by atoms with E-state index in [0.29, 0.717) is 18.5 Å². The Morgan fingerprint density at radius 2 is 1.71 bits per heavy atom. The van der Waals surface area contributed by atoms with Crippen LogP contribution in [0.2, 0.25) is 0 Å². The molecule has 0 spiro atoms. The molecule has 1 fully saturated rings. The van der Waals surface area contributed by atoms with Crippen molar-refractivity contribution in [3.63, 3.8) is 0 Å². The molecule has 0 aromatic heterocycles. The molecule has 1 aromatic rings. The maximum Gasteiger partial charge on any atom is 0.331 e. The Kier molecular flexibility index (Phi) is 9.05. The number of barbiturate groups is 1. The quantitative estimate of drug-likeness (QED) is 0.283. The molecule has 0 atom stereocenters. The molecule has 0 bridgehead atoms. The molecule has 31 heavy (non-hydrogen) atoms. The number of carbonyl (C=O) groups is 4. The van der Waals surface area contributed by atoms with Gasteiger partial charge >= 0.3 is 12.1 Å². The van der Waals surface area contributed by atoms with Crippen LogP contribution in [0.5, 0.6) is 0 Å². The summed E-state index contributed by atoms with van der Waals surface area (Å²) in [4.78, 5) is 51.0. The van der Waals surface area contributed by atoms with Gasteiger partial charge in [-0.05, 0) is 50.5 Å². The number of primary amides is 1. The number of amides is 6. The SMILES string of the molecule is CCN(CC)c1ccc(/C=C2\C(=O)NC(=O)N(CCCCCCNC(N)=O)C2=O)cc1. The van der Waals surface area contributed by atoms with Gasteiger partial charge in [0, 0.05) is 31.9 Å². The fourth-order valence-corrected chi connectivity index (χ4v) is 3.39. The highest BCUT2D eigenvalue weighted by Crippen LogP contribution is 2.19. The zero-order valence-electron chi connectivity index (χ0n) is 18.1. The van der Waals surface area contributed by atoms with Gasteiger partial charge in [0.05, 0.1) is 0 Å². The summed E-state index contributed by atoms with van der Waals surface area (Å²) in [5, 5.41) is 4.75. The van der Waals surface area contributed by atoms with Gasteiger partial charge in [-0.3, -0.25) is 19.8 Å². The second kappa shape index (κ2) is 11.7. The first-order valence-corrected chi connectivity index (χ1v) is 10.6. The molecule has 9 heteroatoms. The molecule has 2 rings (SSSR count). The molecule has 4 N–H and O–H groups in total. The summed E-state index contributed by atoms with van der Waals surface area (Å²) in [7, 11) is 0. The lowest BCUT2D eigenvalue weighted by atomic mass is 10.1. The van der Waals surface area contributed by atoms with E-state index < -0.39 is 23.9 Å². The van der Waals surface area contributed by atoms with Crippen LogP contribution in [0.1, 0.15) is 45.1 Å². The van der Waals surface area contributed by atoms with Crippen molar-refractivity contribution in [2.45, 2.75) is 39.5 Å². The van der Waals surface area contributed by atoms with E-state index in [1.165, 1.54) is 6.08 Å². The highest BCUT2D eigenvalue weighted by atomic mass is 16.2. The number of anilines is 1. The van der Waals surface area contributed by atoms with Crippen LogP contribution in [-0.2, 0) is 9.59 Å². The second-order valence-corrected chi connectivity index (χ2v) is 7.24. The third-order valence-electron chi connectivity index (χ3n) is 5.13. The van der Waals surface area contributed by atoms with Gasteiger partial charge in [-0.2, -0.15) is 0 Å². The smallest absolute Gasteiger partial charge is 0.331 e. The van der Waals surface area contributed by atoms with Crippen LogP contribution >= 0.6 is 0 Å². The van der Waals surface area contributed by atoms with E-state index in [-0.39, 0.29) is 12.1 Å². The lowest BCUT2D eigenvalue weighted by Gasteiger charge is -2.26. The van der Waals surface area contributed by atoms with Crippen molar-refractivity contribution >= 4 is 35.6 Å². The van der Waals surface area contributed by atoms with E-state index >= 15 is 0 Å². The topological polar surface area (TPSA) is 125 Å². The normalized spacial score (nSPS) is 15.2. The summed E-state index contributed by atoms with van der Waals surface area (Å²) in [6.45, 7) is 6.64. The van der Waals surface area contributed by atoms with Crippen LogP contribution in [0, 0.1) is 0 Å². The van der Waals surface area contributed by atoms with Crippen molar-refractivity contribution in [1.29, 1.82) is 0 Å². The zero-order valence-corrected chi connectivity index (χ0v) is 18.1. The molecule has 1 saturated heterocycles. The summed E-state index contributed by atoms with van der Waals surface area (Å²) in [6, 6.07) is 6.34. The van der Waals surface area contributed by atoms with Gasteiger partial charge in [0.1, 0.15) is 5.57 Å². The number of rotatable bonds is 11. The Morgan fingerprint density at radius 1 is 1.06 bits per heavy atom. The van der Waals surface area contributed by atoms with Crippen molar-refractivity contribution in [2.24, 2.45) is 5.73 Å². The van der Waals surface area contributed by atoms with Gasteiger partial charge in [-0.1, -0.05) is 25.0 Å². The van der Waals surface area contributed by atoms with E-state index in [1.807, 2.05) is 24.3 Å². The number of nitrogens with one attached hydrogen (secondary N) is 2. The third kappa shape index (κ3) is 6.84. The molecular formula is C22H31N5O4. The number of urea groups is 2. The molecule has 0 aliphatic carbocycles. The average Bonchev–Trinajstić information content (AvgIpc) is 2.74. The molecule has 1 aliphatic rings. The number of hydrogen-bond donors (Lipinski definition) is 3. The van der Waals surface area contributed by atoms with Crippen molar-refractivity contribution < 1.29 is 19.2 Å². The maximum atomic E-state index is 12.8. The Labute approximate surface area is 182 Å². The number of nitrogens with two attached hydrogens (primary N) is 1. The number of unbranched alkanes of at least 4 members (excludes halogenated alkanes) is 3. The van der Waals surface area contributed by atoms with Gasteiger partial charge in [0.25, 0.3) is 11.8 Å². The minimum absolute atomic E-state index is 0.0548. The number of benzene rings is 1. The first-order chi connectivity index (χ1) is 14.9. The molecular weight excluding hydrogens is 398 g/mol. The molecule has 6 amide bonds. The van der Waals surface area contributed by atoms with Crippen molar-refractivity contribution in [1.82, 2.24) is 15.5 Å². The van der Waals surface area contributed by atoms with Crippen LogP contribution in [0.3, 0.4) is 0 Å². The molecule has 9 nitrogen and oxygen atoms in total. The number of carbonyl (C=O) groups excluding carboxylic acids is 4. The van der Waals surface area contributed by atoms with Crippen molar-refractivity contribution in [3.05, 3.63) is 35.4 Å². The molecule has 168 valence electrons. The van der Waals surface area contributed by atoms with Gasteiger partial charge in [-0.15, -0.1) is 0 Å². The Bertz CT molecular complexity index is 831. The largest absolute Gasteiger partial charge is 0.372 e. The van der Waals surface area contributed by atoms with E-state index in [0.717, 1.165) is 42.9 Å². The summed E-state index contributed by atoms with van der Waals surface area (Å²) >= 11 is 0. The van der Waals surface area contributed by atoms with E-state index in [9.17, 15) is 19.2 Å². The van der Waals surface area contributed by atoms with Crippen LogP contribution in [0.15, 0.2) is 29.8 Å². The first-order valence-electron chi connectivity index (χ1n) is 10.6. The van der Waals surface area contributed by atoms with E-state index in [4.69, 9.17) is 5.73 Å². The Morgan fingerprint density at radius 3 is 2.32 bits per heavy atom.